The van der Waals surface area contributed by atoms with Gasteiger partial charge in [0, 0.05) is 19.4 Å². The molecule has 0 aliphatic heterocycles. The van der Waals surface area contributed by atoms with Crippen molar-refractivity contribution in [3.8, 4) is 0 Å². The van der Waals surface area contributed by atoms with Gasteiger partial charge in [0.1, 0.15) is 18.5 Å². The number of nitrogens with zero attached hydrogens (tertiary/aromatic N) is 5. The topological polar surface area (TPSA) is 68.5 Å². The molecule has 0 spiro atoms. The molecule has 2 aromatic rings. The van der Waals surface area contributed by atoms with Crippen LogP contribution in [0.25, 0.3) is 0 Å². The minimum atomic E-state index is 0.0809. The Labute approximate surface area is 100 Å². The Morgan fingerprint density at radius 1 is 1.18 bits per heavy atom. The molecule has 0 radical (unpaired) electrons. The van der Waals surface area contributed by atoms with E-state index in [1.165, 1.54) is 12.7 Å². The van der Waals surface area contributed by atoms with Crippen molar-refractivity contribution in [3.05, 3.63) is 30.9 Å². The van der Waals surface area contributed by atoms with Crippen LogP contribution >= 0.6 is 0 Å². The van der Waals surface area contributed by atoms with Crippen LogP contribution in [0.15, 0.2) is 25.0 Å². The highest BCUT2D eigenvalue weighted by molar-refractivity contribution is 5.26. The van der Waals surface area contributed by atoms with Crippen molar-refractivity contribution in [1.29, 1.82) is 0 Å². The third kappa shape index (κ3) is 2.58. The van der Waals surface area contributed by atoms with Gasteiger partial charge < -0.3 is 9.88 Å². The fourth-order valence-electron chi connectivity index (χ4n) is 1.66. The van der Waals surface area contributed by atoms with Gasteiger partial charge in [-0.05, 0) is 5.92 Å². The van der Waals surface area contributed by atoms with Gasteiger partial charge in [0.2, 0.25) is 5.95 Å². The van der Waals surface area contributed by atoms with E-state index in [0.717, 1.165) is 5.82 Å². The number of hydrogen-bond donors (Lipinski definition) is 1. The van der Waals surface area contributed by atoms with Crippen LogP contribution in [0.5, 0.6) is 0 Å². The SMILES string of the molecule is CC(C)C(Nc1ncncn1)c1nccn1C. The molecule has 2 heterocycles. The Kier molecular flexibility index (Phi) is 3.32. The largest absolute Gasteiger partial charge is 0.344 e. The maximum absolute atomic E-state index is 4.36. The third-order valence-electron chi connectivity index (χ3n) is 2.58. The standard InChI is InChI=1S/C11H16N6/c1-8(2)9(10-13-4-5-17(10)3)16-11-14-6-12-7-15-11/h4-9H,1-3H3,(H,12,14,15,16). The molecule has 1 atom stereocenters. The van der Waals surface area contributed by atoms with Crippen molar-refractivity contribution in [2.24, 2.45) is 13.0 Å². The molecule has 0 aromatic carbocycles. The van der Waals surface area contributed by atoms with Crippen molar-refractivity contribution >= 4 is 5.95 Å². The smallest absolute Gasteiger partial charge is 0.226 e. The van der Waals surface area contributed by atoms with Crippen LogP contribution in [0, 0.1) is 5.92 Å². The molecule has 2 rings (SSSR count). The summed E-state index contributed by atoms with van der Waals surface area (Å²) in [6.07, 6.45) is 6.68. The quantitative estimate of drug-likeness (QED) is 0.863. The van der Waals surface area contributed by atoms with Crippen LogP contribution < -0.4 is 5.32 Å². The van der Waals surface area contributed by atoms with Gasteiger partial charge >= 0.3 is 0 Å². The monoisotopic (exact) mass is 232 g/mol. The zero-order chi connectivity index (χ0) is 12.3. The van der Waals surface area contributed by atoms with Crippen molar-refractivity contribution in [2.75, 3.05) is 5.32 Å². The van der Waals surface area contributed by atoms with E-state index >= 15 is 0 Å². The van der Waals surface area contributed by atoms with E-state index in [0.29, 0.717) is 11.9 Å². The summed E-state index contributed by atoms with van der Waals surface area (Å²) in [6, 6.07) is 0.0809. The van der Waals surface area contributed by atoms with Gasteiger partial charge in [-0.15, -0.1) is 0 Å². The maximum atomic E-state index is 4.36. The molecule has 6 heteroatoms. The first-order chi connectivity index (χ1) is 8.18. The fraction of sp³-hybridized carbons (Fsp3) is 0.455. The lowest BCUT2D eigenvalue weighted by molar-refractivity contribution is 0.504. The van der Waals surface area contributed by atoms with Gasteiger partial charge in [0.25, 0.3) is 0 Å². The molecule has 0 saturated carbocycles. The first kappa shape index (κ1) is 11.5. The number of nitrogens with one attached hydrogen (secondary N) is 1. The Balaban J connectivity index is 2.23. The van der Waals surface area contributed by atoms with Crippen molar-refractivity contribution in [3.63, 3.8) is 0 Å². The average molecular weight is 232 g/mol. The van der Waals surface area contributed by atoms with Gasteiger partial charge in [0.15, 0.2) is 0 Å². The molecule has 1 unspecified atom stereocenters. The molecule has 1 N–H and O–H groups in total. The van der Waals surface area contributed by atoms with E-state index < -0.39 is 0 Å². The average Bonchev–Trinajstić information content (AvgIpc) is 2.73. The number of anilines is 1. The molecule has 2 aromatic heterocycles. The highest BCUT2D eigenvalue weighted by atomic mass is 15.2. The number of imidazole rings is 1. The molecule has 6 nitrogen and oxygen atoms in total. The molecule has 90 valence electrons. The van der Waals surface area contributed by atoms with E-state index in [-0.39, 0.29) is 6.04 Å². The predicted octanol–water partition coefficient (Wildman–Crippen LogP) is 1.41. The summed E-state index contributed by atoms with van der Waals surface area (Å²) in [4.78, 5) is 16.3. The van der Waals surface area contributed by atoms with Crippen LogP contribution in [0.4, 0.5) is 5.95 Å². The highest BCUT2D eigenvalue weighted by Crippen LogP contribution is 2.22. The Morgan fingerprint density at radius 2 is 1.88 bits per heavy atom. The molecule has 0 saturated heterocycles. The maximum Gasteiger partial charge on any atom is 0.226 e. The van der Waals surface area contributed by atoms with E-state index in [9.17, 15) is 0 Å². The van der Waals surface area contributed by atoms with Crippen LogP contribution in [-0.2, 0) is 7.05 Å². The number of aromatic nitrogens is 5. The van der Waals surface area contributed by atoms with Crippen LogP contribution in [0.2, 0.25) is 0 Å². The van der Waals surface area contributed by atoms with Gasteiger partial charge in [-0.25, -0.2) is 19.9 Å². The second-order valence-corrected chi connectivity index (χ2v) is 4.22. The van der Waals surface area contributed by atoms with Gasteiger partial charge in [-0.2, -0.15) is 0 Å². The van der Waals surface area contributed by atoms with E-state index in [1.807, 2.05) is 17.8 Å². The van der Waals surface area contributed by atoms with Gasteiger partial charge in [-0.3, -0.25) is 0 Å². The Bertz CT molecular complexity index is 464. The van der Waals surface area contributed by atoms with Crippen LogP contribution in [0.3, 0.4) is 0 Å². The molecular weight excluding hydrogens is 216 g/mol. The zero-order valence-electron chi connectivity index (χ0n) is 10.2. The fourth-order valence-corrected chi connectivity index (χ4v) is 1.66. The first-order valence-corrected chi connectivity index (χ1v) is 5.54. The Morgan fingerprint density at radius 3 is 2.41 bits per heavy atom. The summed E-state index contributed by atoms with van der Waals surface area (Å²) in [5.41, 5.74) is 0. The lowest BCUT2D eigenvalue weighted by Crippen LogP contribution is -2.21. The molecule has 0 aliphatic rings. The van der Waals surface area contributed by atoms with Gasteiger partial charge in [-0.1, -0.05) is 13.8 Å². The molecule has 0 aliphatic carbocycles. The molecular formula is C11H16N6. The lowest BCUT2D eigenvalue weighted by Gasteiger charge is -2.21. The summed E-state index contributed by atoms with van der Waals surface area (Å²) < 4.78 is 2.00. The minimum absolute atomic E-state index is 0.0809. The van der Waals surface area contributed by atoms with Crippen molar-refractivity contribution in [1.82, 2.24) is 24.5 Å². The highest BCUT2D eigenvalue weighted by Gasteiger charge is 2.20. The summed E-state index contributed by atoms with van der Waals surface area (Å²) in [5.74, 6) is 1.93. The summed E-state index contributed by atoms with van der Waals surface area (Å²) >= 11 is 0. The summed E-state index contributed by atoms with van der Waals surface area (Å²) in [7, 11) is 1.98. The number of aryl methyl sites for hydroxylation is 1. The third-order valence-corrected chi connectivity index (χ3v) is 2.58. The van der Waals surface area contributed by atoms with Gasteiger partial charge in [0.05, 0.1) is 6.04 Å². The molecule has 0 bridgehead atoms. The first-order valence-electron chi connectivity index (χ1n) is 5.54. The number of rotatable bonds is 4. The predicted molar refractivity (Wildman–Crippen MR) is 64.2 cm³/mol. The lowest BCUT2D eigenvalue weighted by atomic mass is 10.0. The van der Waals surface area contributed by atoms with E-state index in [1.54, 1.807) is 6.20 Å². The Hall–Kier alpha value is -1.98. The molecule has 0 fully saturated rings. The van der Waals surface area contributed by atoms with Crippen molar-refractivity contribution < 1.29 is 0 Å². The van der Waals surface area contributed by atoms with E-state index in [4.69, 9.17) is 0 Å². The minimum Gasteiger partial charge on any atom is -0.344 e. The second kappa shape index (κ2) is 4.90. The zero-order valence-corrected chi connectivity index (χ0v) is 10.2. The van der Waals surface area contributed by atoms with Crippen LogP contribution in [-0.4, -0.2) is 24.5 Å². The summed E-state index contributed by atoms with van der Waals surface area (Å²) in [5, 5.41) is 3.28. The second-order valence-electron chi connectivity index (χ2n) is 4.22. The summed E-state index contributed by atoms with van der Waals surface area (Å²) in [6.45, 7) is 4.26. The molecule has 17 heavy (non-hydrogen) atoms. The van der Waals surface area contributed by atoms with E-state index in [2.05, 4.69) is 39.1 Å². The molecule has 0 amide bonds. The normalized spacial score (nSPS) is 12.7. The van der Waals surface area contributed by atoms with Crippen LogP contribution in [0.1, 0.15) is 25.7 Å². The van der Waals surface area contributed by atoms with Crippen molar-refractivity contribution in [2.45, 2.75) is 19.9 Å². The number of hydrogen-bond acceptors (Lipinski definition) is 5.